The van der Waals surface area contributed by atoms with Gasteiger partial charge in [-0.25, -0.2) is 4.79 Å². The van der Waals surface area contributed by atoms with Crippen LogP contribution in [-0.4, -0.2) is 21.7 Å². The first-order valence-corrected chi connectivity index (χ1v) is 3.83. The second kappa shape index (κ2) is 2.83. The number of alkyl halides is 2. The van der Waals surface area contributed by atoms with Crippen molar-refractivity contribution in [1.29, 1.82) is 0 Å². The van der Waals surface area contributed by atoms with E-state index in [1.54, 1.807) is 0 Å². The molecular formula is C5H3Cl3O3. The summed E-state index contributed by atoms with van der Waals surface area (Å²) in [7, 11) is 0. The van der Waals surface area contributed by atoms with Gasteiger partial charge in [-0.3, -0.25) is 0 Å². The van der Waals surface area contributed by atoms with Crippen LogP contribution in [0.1, 0.15) is 0 Å². The lowest BCUT2D eigenvalue weighted by Crippen LogP contribution is -2.34. The van der Waals surface area contributed by atoms with Crippen LogP contribution < -0.4 is 0 Å². The average Bonchev–Trinajstić information content (AvgIpc) is 2.09. The summed E-state index contributed by atoms with van der Waals surface area (Å²) in [6.45, 7) is 0. The van der Waals surface area contributed by atoms with E-state index in [0.717, 1.165) is 6.08 Å². The molecule has 0 amide bonds. The second-order valence-corrected chi connectivity index (χ2v) is 3.44. The summed E-state index contributed by atoms with van der Waals surface area (Å²) in [5.41, 5.74) is 0. The van der Waals surface area contributed by atoms with Crippen molar-refractivity contribution in [3.05, 3.63) is 11.1 Å². The van der Waals surface area contributed by atoms with E-state index < -0.39 is 16.6 Å². The first-order chi connectivity index (χ1) is 4.96. The predicted molar refractivity (Wildman–Crippen MR) is 40.5 cm³/mol. The maximum atomic E-state index is 10.6. The van der Waals surface area contributed by atoms with E-state index in [1.807, 2.05) is 0 Å². The molecule has 3 nitrogen and oxygen atoms in total. The highest BCUT2D eigenvalue weighted by atomic mass is 35.5. The van der Waals surface area contributed by atoms with Crippen molar-refractivity contribution in [2.45, 2.75) is 10.6 Å². The number of hydrogen-bond donors (Lipinski definition) is 1. The summed E-state index contributed by atoms with van der Waals surface area (Å²) < 4.78 is 4.35. The van der Waals surface area contributed by atoms with Gasteiger partial charge in [-0.15, -0.1) is 0 Å². The molecule has 1 atom stereocenters. The lowest BCUT2D eigenvalue weighted by molar-refractivity contribution is -0.173. The highest BCUT2D eigenvalue weighted by Gasteiger charge is 2.43. The molecule has 1 N–H and O–H groups in total. The molecule has 0 saturated heterocycles. The fraction of sp³-hybridized carbons (Fsp3) is 0.400. The van der Waals surface area contributed by atoms with Crippen LogP contribution in [0.15, 0.2) is 11.1 Å². The summed E-state index contributed by atoms with van der Waals surface area (Å²) in [5, 5.41) is 9.02. The van der Waals surface area contributed by atoms with Gasteiger partial charge >= 0.3 is 5.97 Å². The van der Waals surface area contributed by atoms with Crippen molar-refractivity contribution in [3.8, 4) is 0 Å². The molecule has 1 rings (SSSR count). The maximum Gasteiger partial charge on any atom is 0.352 e. The molecule has 11 heavy (non-hydrogen) atoms. The molecule has 62 valence electrons. The smallest absolute Gasteiger partial charge is 0.352 e. The number of rotatable bonds is 1. The molecular weight excluding hydrogens is 214 g/mol. The molecule has 1 aliphatic rings. The zero-order chi connectivity index (χ0) is 8.65. The first kappa shape index (κ1) is 9.13. The van der Waals surface area contributed by atoms with Gasteiger partial charge in [0.05, 0.1) is 0 Å². The van der Waals surface area contributed by atoms with Crippen LogP contribution in [0, 0.1) is 0 Å². The lowest BCUT2D eigenvalue weighted by atomic mass is 10.3. The minimum Gasteiger partial charge on any atom is -0.422 e. The zero-order valence-corrected chi connectivity index (χ0v) is 7.32. The van der Waals surface area contributed by atoms with Crippen LogP contribution in [0.4, 0.5) is 0 Å². The molecule has 1 unspecified atom stereocenters. The third kappa shape index (κ3) is 1.62. The molecule has 0 radical (unpaired) electrons. The third-order valence-electron chi connectivity index (χ3n) is 1.10. The van der Waals surface area contributed by atoms with Crippen LogP contribution >= 0.6 is 34.8 Å². The monoisotopic (exact) mass is 216 g/mol. The average molecular weight is 217 g/mol. The first-order valence-electron chi connectivity index (χ1n) is 2.58. The second-order valence-electron chi connectivity index (χ2n) is 1.93. The Morgan fingerprint density at radius 2 is 2.18 bits per heavy atom. The van der Waals surface area contributed by atoms with Crippen molar-refractivity contribution in [2.75, 3.05) is 0 Å². The Labute approximate surface area is 77.5 Å². The number of carbonyl (C=O) groups excluding carboxylic acids is 1. The summed E-state index contributed by atoms with van der Waals surface area (Å²) in [6, 6.07) is 0. The van der Waals surface area contributed by atoms with Gasteiger partial charge < -0.3 is 9.84 Å². The van der Waals surface area contributed by atoms with Gasteiger partial charge in [0, 0.05) is 6.08 Å². The molecule has 1 heterocycles. The molecule has 0 spiro atoms. The van der Waals surface area contributed by atoms with E-state index in [4.69, 9.17) is 34.8 Å². The normalized spacial score (nSPS) is 30.6. The Balaban J connectivity index is 2.88. The molecule has 6 heteroatoms. The van der Waals surface area contributed by atoms with Crippen LogP contribution in [0.25, 0.3) is 0 Å². The fourth-order valence-corrected chi connectivity index (χ4v) is 0.985. The van der Waals surface area contributed by atoms with Crippen molar-refractivity contribution in [2.24, 2.45) is 0 Å². The van der Waals surface area contributed by atoms with E-state index in [2.05, 4.69) is 4.74 Å². The van der Waals surface area contributed by atoms with E-state index in [-0.39, 0.29) is 5.03 Å². The minimum absolute atomic E-state index is 0.223. The number of carbonyl (C=O) groups is 1. The largest absolute Gasteiger partial charge is 0.422 e. The van der Waals surface area contributed by atoms with Crippen molar-refractivity contribution in [1.82, 2.24) is 0 Å². The Morgan fingerprint density at radius 1 is 1.64 bits per heavy atom. The highest BCUT2D eigenvalue weighted by Crippen LogP contribution is 2.31. The van der Waals surface area contributed by atoms with Crippen LogP contribution in [0.5, 0.6) is 0 Å². The standard InChI is InChI=1S/C5H3Cl3O3/c6-2-1-5(10,4(7)8)11-3(2)9/h1,4,10H. The third-order valence-corrected chi connectivity index (χ3v) is 1.99. The van der Waals surface area contributed by atoms with E-state index in [9.17, 15) is 9.90 Å². The molecule has 0 saturated carbocycles. The number of esters is 1. The highest BCUT2D eigenvalue weighted by molar-refractivity contribution is 6.46. The van der Waals surface area contributed by atoms with Gasteiger partial charge in [0.2, 0.25) is 0 Å². The molecule has 0 aromatic heterocycles. The molecule has 0 aromatic carbocycles. The van der Waals surface area contributed by atoms with Gasteiger partial charge in [0.25, 0.3) is 5.79 Å². The van der Waals surface area contributed by atoms with E-state index >= 15 is 0 Å². The van der Waals surface area contributed by atoms with Gasteiger partial charge in [0.1, 0.15) is 5.03 Å². The van der Waals surface area contributed by atoms with Gasteiger partial charge in [0.15, 0.2) is 4.84 Å². The topological polar surface area (TPSA) is 46.5 Å². The number of aliphatic hydroxyl groups is 1. The molecule has 0 aliphatic carbocycles. The lowest BCUT2D eigenvalue weighted by Gasteiger charge is -2.19. The summed E-state index contributed by atoms with van der Waals surface area (Å²) in [6.07, 6.45) is 0.960. The Morgan fingerprint density at radius 3 is 2.36 bits per heavy atom. The Hall–Kier alpha value is 0.0400. The minimum atomic E-state index is -1.97. The van der Waals surface area contributed by atoms with Crippen LogP contribution in [0.2, 0.25) is 0 Å². The van der Waals surface area contributed by atoms with Crippen molar-refractivity contribution in [3.63, 3.8) is 0 Å². The fourth-order valence-electron chi connectivity index (χ4n) is 0.575. The number of ether oxygens (including phenoxy) is 1. The predicted octanol–water partition coefficient (Wildman–Crippen LogP) is 1.16. The molecule has 1 aliphatic heterocycles. The van der Waals surface area contributed by atoms with Gasteiger partial charge in [-0.2, -0.15) is 0 Å². The number of halogens is 3. The quantitative estimate of drug-likeness (QED) is 0.529. The molecule has 0 bridgehead atoms. The summed E-state index contributed by atoms with van der Waals surface area (Å²) in [5.74, 6) is -2.81. The Bertz CT molecular complexity index is 225. The SMILES string of the molecule is O=C1OC(O)(C(Cl)Cl)C=C1Cl. The van der Waals surface area contributed by atoms with Gasteiger partial charge in [-0.1, -0.05) is 34.8 Å². The zero-order valence-electron chi connectivity index (χ0n) is 5.05. The van der Waals surface area contributed by atoms with E-state index in [1.165, 1.54) is 0 Å². The summed E-state index contributed by atoms with van der Waals surface area (Å²) in [4.78, 5) is 9.35. The van der Waals surface area contributed by atoms with Crippen molar-refractivity contribution < 1.29 is 14.6 Å². The van der Waals surface area contributed by atoms with Crippen molar-refractivity contribution >= 4 is 40.8 Å². The van der Waals surface area contributed by atoms with E-state index in [0.29, 0.717) is 0 Å². The van der Waals surface area contributed by atoms with Crippen LogP contribution in [-0.2, 0) is 9.53 Å². The number of hydrogen-bond acceptors (Lipinski definition) is 3. The number of cyclic esters (lactones) is 1. The molecule has 0 aromatic rings. The Kier molecular flexibility index (Phi) is 2.35. The maximum absolute atomic E-state index is 10.6. The van der Waals surface area contributed by atoms with Crippen LogP contribution in [0.3, 0.4) is 0 Å². The van der Waals surface area contributed by atoms with Gasteiger partial charge in [-0.05, 0) is 0 Å². The molecule has 0 fully saturated rings. The summed E-state index contributed by atoms with van der Waals surface area (Å²) >= 11 is 15.9.